The molecule has 0 fully saturated rings. The molecule has 0 bridgehead atoms. The molecule has 114 valence electrons. The van der Waals surface area contributed by atoms with Crippen molar-refractivity contribution in [1.29, 1.82) is 0 Å². The number of nitrogens with two attached hydrogens (primary N) is 1. The Bertz CT molecular complexity index is 737. The van der Waals surface area contributed by atoms with Gasteiger partial charge in [-0.05, 0) is 17.7 Å². The summed E-state index contributed by atoms with van der Waals surface area (Å²) in [6, 6.07) is 1.65. The van der Waals surface area contributed by atoms with Gasteiger partial charge in [0, 0.05) is 19.9 Å². The van der Waals surface area contributed by atoms with Crippen molar-refractivity contribution in [2.45, 2.75) is 17.6 Å². The third-order valence-electron chi connectivity index (χ3n) is 3.54. The van der Waals surface area contributed by atoms with Gasteiger partial charge in [-0.1, -0.05) is 5.92 Å². The summed E-state index contributed by atoms with van der Waals surface area (Å²) in [5.41, 5.74) is 2.30. The van der Waals surface area contributed by atoms with E-state index >= 15 is 0 Å². The highest BCUT2D eigenvalue weighted by molar-refractivity contribution is 6.28. The highest BCUT2D eigenvalue weighted by atomic mass is 35.5. The molecule has 0 spiro atoms. The zero-order chi connectivity index (χ0) is 16.5. The van der Waals surface area contributed by atoms with E-state index in [0.29, 0.717) is 11.0 Å². The third-order valence-corrected chi connectivity index (χ3v) is 3.70. The van der Waals surface area contributed by atoms with Gasteiger partial charge in [0.1, 0.15) is 19.3 Å². The molecule has 0 aromatic carbocycles. The van der Waals surface area contributed by atoms with E-state index in [-0.39, 0.29) is 17.6 Å². The summed E-state index contributed by atoms with van der Waals surface area (Å²) in [5, 5.41) is 20.5. The predicted molar refractivity (Wildman–Crippen MR) is 83.3 cm³/mol. The molecule has 2 heterocycles. The molecular weight excluding hydrogens is 306 g/mol. The molecule has 0 aliphatic rings. The second-order valence-corrected chi connectivity index (χ2v) is 5.15. The van der Waals surface area contributed by atoms with E-state index in [9.17, 15) is 10.2 Å². The number of terminal acetylenes is 1. The van der Waals surface area contributed by atoms with Gasteiger partial charge >= 0.3 is 0 Å². The molecule has 0 unspecified atom stereocenters. The molecule has 2 aromatic heterocycles. The maximum atomic E-state index is 10.5. The Kier molecular flexibility index (Phi) is 4.36. The lowest BCUT2D eigenvalue weighted by atomic mass is 9.68. The van der Waals surface area contributed by atoms with Crippen molar-refractivity contribution >= 4 is 36.3 Å². The number of aliphatic hydroxyl groups excluding tert-OH is 1. The number of nitrogen functional groups attached to an aromatic ring is 1. The standard InChI is InChI=1S/C13H14BClN4O3/c1-3-12(7-20,22-2)13(14,21)6-19-5-4-8-9(16)17-11(15)18-10(8)19/h1,4-5,20-21H,6-7H2,2H3,(H2,16,17,18)/t12-,13-/m1/s1. The first kappa shape index (κ1) is 16.6. The van der Waals surface area contributed by atoms with Gasteiger partial charge in [-0.3, -0.25) is 0 Å². The molecule has 2 aromatic rings. The number of halogens is 1. The summed E-state index contributed by atoms with van der Waals surface area (Å²) in [4.78, 5) is 7.89. The van der Waals surface area contributed by atoms with Crippen LogP contribution in [-0.4, -0.2) is 57.4 Å². The Morgan fingerprint density at radius 2 is 2.27 bits per heavy atom. The second kappa shape index (κ2) is 5.78. The molecule has 22 heavy (non-hydrogen) atoms. The average Bonchev–Trinajstić information content (AvgIpc) is 2.84. The van der Waals surface area contributed by atoms with Crippen LogP contribution in [-0.2, 0) is 11.3 Å². The van der Waals surface area contributed by atoms with Gasteiger partial charge in [0.25, 0.3) is 0 Å². The van der Waals surface area contributed by atoms with Crippen LogP contribution in [0.25, 0.3) is 11.0 Å². The molecule has 9 heteroatoms. The van der Waals surface area contributed by atoms with Crippen LogP contribution in [0, 0.1) is 12.3 Å². The van der Waals surface area contributed by atoms with E-state index < -0.39 is 17.7 Å². The number of aromatic nitrogens is 3. The molecular formula is C13H14BClN4O3. The van der Waals surface area contributed by atoms with Crippen molar-refractivity contribution in [2.75, 3.05) is 19.5 Å². The molecule has 0 saturated heterocycles. The largest absolute Gasteiger partial charge is 0.394 e. The number of nitrogens with zero attached hydrogens (tertiary/aromatic N) is 3. The Labute approximate surface area is 133 Å². The maximum absolute atomic E-state index is 10.5. The maximum Gasteiger partial charge on any atom is 0.226 e. The molecule has 2 radical (unpaired) electrons. The summed E-state index contributed by atoms with van der Waals surface area (Å²) >= 11 is 5.79. The number of fused-ring (bicyclic) bond motifs is 1. The fourth-order valence-electron chi connectivity index (χ4n) is 2.18. The van der Waals surface area contributed by atoms with Crippen LogP contribution < -0.4 is 5.73 Å². The normalized spacial score (nSPS) is 16.9. The highest BCUT2D eigenvalue weighted by Crippen LogP contribution is 2.27. The number of ether oxygens (including phenoxy) is 1. The average molecular weight is 321 g/mol. The van der Waals surface area contributed by atoms with Crippen LogP contribution in [0.3, 0.4) is 0 Å². The van der Waals surface area contributed by atoms with Gasteiger partial charge in [0.05, 0.1) is 17.5 Å². The van der Waals surface area contributed by atoms with E-state index in [4.69, 9.17) is 36.3 Å². The van der Waals surface area contributed by atoms with Gasteiger partial charge in [-0.2, -0.15) is 4.98 Å². The number of methoxy groups -OCH3 is 1. The van der Waals surface area contributed by atoms with Crippen molar-refractivity contribution in [2.24, 2.45) is 0 Å². The van der Waals surface area contributed by atoms with E-state index in [2.05, 4.69) is 15.9 Å². The van der Waals surface area contributed by atoms with Crippen molar-refractivity contribution in [3.63, 3.8) is 0 Å². The lowest BCUT2D eigenvalue weighted by Crippen LogP contribution is -2.59. The number of aliphatic hydroxyl groups is 2. The SMILES string of the molecule is [B][C@@](O)(Cn1ccc2c(N)nc(Cl)nc21)[C@@](C#C)(CO)OC. The molecule has 2 rings (SSSR count). The molecule has 4 N–H and O–H groups in total. The minimum Gasteiger partial charge on any atom is -0.394 e. The van der Waals surface area contributed by atoms with Gasteiger partial charge in [-0.15, -0.1) is 6.42 Å². The van der Waals surface area contributed by atoms with E-state index in [1.165, 1.54) is 11.7 Å². The topological polar surface area (TPSA) is 106 Å². The molecule has 2 atom stereocenters. The fraction of sp³-hybridized carbons (Fsp3) is 0.385. The monoisotopic (exact) mass is 320 g/mol. The van der Waals surface area contributed by atoms with Crippen molar-refractivity contribution < 1.29 is 14.9 Å². The van der Waals surface area contributed by atoms with E-state index in [1.54, 1.807) is 12.3 Å². The summed E-state index contributed by atoms with van der Waals surface area (Å²) in [6.07, 6.45) is 6.95. The molecule has 0 aliphatic heterocycles. The quantitative estimate of drug-likeness (QED) is 0.391. The van der Waals surface area contributed by atoms with Gasteiger partial charge < -0.3 is 25.3 Å². The number of hydrogen-bond donors (Lipinski definition) is 3. The highest BCUT2D eigenvalue weighted by Gasteiger charge is 2.46. The van der Waals surface area contributed by atoms with E-state index in [0.717, 1.165) is 0 Å². The summed E-state index contributed by atoms with van der Waals surface area (Å²) in [6.45, 7) is -0.869. The first-order chi connectivity index (χ1) is 10.3. The van der Waals surface area contributed by atoms with Gasteiger partial charge in [-0.25, -0.2) is 4.98 Å². The van der Waals surface area contributed by atoms with E-state index in [1.807, 2.05) is 0 Å². The predicted octanol–water partition coefficient (Wildman–Crippen LogP) is -0.465. The zero-order valence-electron chi connectivity index (χ0n) is 11.8. The Balaban J connectivity index is 2.49. The first-order valence-corrected chi connectivity index (χ1v) is 6.61. The van der Waals surface area contributed by atoms with Crippen LogP contribution in [0.15, 0.2) is 12.3 Å². The summed E-state index contributed by atoms with van der Waals surface area (Å²) in [7, 11) is 7.13. The van der Waals surface area contributed by atoms with Crippen molar-refractivity contribution in [3.8, 4) is 12.3 Å². The summed E-state index contributed by atoms with van der Waals surface area (Å²) < 4.78 is 6.55. The summed E-state index contributed by atoms with van der Waals surface area (Å²) in [5.74, 6) is 2.39. The van der Waals surface area contributed by atoms with Crippen LogP contribution >= 0.6 is 11.6 Å². The third kappa shape index (κ3) is 2.53. The van der Waals surface area contributed by atoms with Crippen molar-refractivity contribution in [3.05, 3.63) is 17.5 Å². The zero-order valence-corrected chi connectivity index (χ0v) is 12.6. The van der Waals surface area contributed by atoms with Crippen LogP contribution in [0.4, 0.5) is 5.82 Å². The second-order valence-electron chi connectivity index (χ2n) is 4.82. The smallest absolute Gasteiger partial charge is 0.226 e. The lowest BCUT2D eigenvalue weighted by Gasteiger charge is -2.40. The first-order valence-electron chi connectivity index (χ1n) is 6.23. The van der Waals surface area contributed by atoms with Crippen LogP contribution in [0.5, 0.6) is 0 Å². The lowest BCUT2D eigenvalue weighted by molar-refractivity contribution is -0.118. The van der Waals surface area contributed by atoms with Gasteiger partial charge in [0.15, 0.2) is 5.60 Å². The molecule has 7 nitrogen and oxygen atoms in total. The molecule has 0 saturated carbocycles. The number of rotatable bonds is 5. The van der Waals surface area contributed by atoms with Crippen molar-refractivity contribution in [1.82, 2.24) is 14.5 Å². The number of anilines is 1. The minimum atomic E-state index is -2.07. The minimum absolute atomic E-state index is 0.0392. The fourth-order valence-corrected chi connectivity index (χ4v) is 2.35. The molecule has 0 amide bonds. The Morgan fingerprint density at radius 1 is 1.59 bits per heavy atom. The Hall–Kier alpha value is -1.79. The number of hydrogen-bond acceptors (Lipinski definition) is 6. The van der Waals surface area contributed by atoms with Crippen LogP contribution in [0.2, 0.25) is 5.28 Å². The Morgan fingerprint density at radius 3 is 2.82 bits per heavy atom. The van der Waals surface area contributed by atoms with Crippen LogP contribution in [0.1, 0.15) is 0 Å². The molecule has 0 aliphatic carbocycles. The van der Waals surface area contributed by atoms with Gasteiger partial charge in [0.2, 0.25) is 5.28 Å².